The van der Waals surface area contributed by atoms with Gasteiger partial charge in [0, 0.05) is 20.4 Å². The van der Waals surface area contributed by atoms with Gasteiger partial charge in [0.25, 0.3) is 0 Å². The monoisotopic (exact) mass is 457 g/mol. The van der Waals surface area contributed by atoms with Gasteiger partial charge < -0.3 is 5.32 Å². The maximum atomic E-state index is 14.0. The maximum Gasteiger partial charge on any atom is 0.246 e. The van der Waals surface area contributed by atoms with Crippen LogP contribution in [-0.4, -0.2) is 15.7 Å². The first-order valence-corrected chi connectivity index (χ1v) is 9.65. The Hall–Kier alpha value is -2.70. The molecule has 7 heteroatoms. The number of hydrogen-bond donors (Lipinski definition) is 1. The third-order valence-corrected chi connectivity index (χ3v) is 4.99. The first kappa shape index (κ1) is 18.7. The minimum absolute atomic E-state index is 0.0551. The van der Waals surface area contributed by atoms with Gasteiger partial charge in [0.05, 0.1) is 11.2 Å². The van der Waals surface area contributed by atoms with Gasteiger partial charge in [-0.2, -0.15) is 5.10 Å². The highest BCUT2D eigenvalue weighted by Gasteiger charge is 2.16. The number of hydrogen-bond acceptors (Lipinski definition) is 2. The Balaban J connectivity index is 1.68. The van der Waals surface area contributed by atoms with Gasteiger partial charge in [0.2, 0.25) is 5.91 Å². The number of halogens is 3. The summed E-state index contributed by atoms with van der Waals surface area (Å²) in [4.78, 5) is 12.5. The number of fused-ring (bicyclic) bond motifs is 1. The largest absolute Gasteiger partial charge is 0.322 e. The topological polar surface area (TPSA) is 46.9 Å². The lowest BCUT2D eigenvalue weighted by Gasteiger charge is -2.07. The van der Waals surface area contributed by atoms with Crippen LogP contribution in [0.4, 0.5) is 10.1 Å². The van der Waals surface area contributed by atoms with Crippen LogP contribution in [-0.2, 0) is 11.3 Å². The van der Waals surface area contributed by atoms with Crippen LogP contribution in [0.3, 0.4) is 0 Å². The molecule has 0 unspecified atom stereocenters. The Morgan fingerprint density at radius 1 is 1.11 bits per heavy atom. The van der Waals surface area contributed by atoms with E-state index >= 15 is 0 Å². The molecule has 0 aliphatic rings. The Morgan fingerprint density at radius 3 is 2.64 bits per heavy atom. The molecule has 4 aromatic rings. The van der Waals surface area contributed by atoms with Gasteiger partial charge >= 0.3 is 0 Å². The van der Waals surface area contributed by atoms with Crippen LogP contribution < -0.4 is 5.32 Å². The van der Waals surface area contributed by atoms with E-state index in [4.69, 9.17) is 11.6 Å². The zero-order valence-corrected chi connectivity index (χ0v) is 16.8. The smallest absolute Gasteiger partial charge is 0.246 e. The summed E-state index contributed by atoms with van der Waals surface area (Å²) >= 11 is 9.37. The van der Waals surface area contributed by atoms with Gasteiger partial charge in [-0.05, 0) is 36.4 Å². The van der Waals surface area contributed by atoms with Crippen LogP contribution in [0.25, 0.3) is 22.2 Å². The summed E-state index contributed by atoms with van der Waals surface area (Å²) in [7, 11) is 0. The predicted octanol–water partition coefficient (Wildman–Crippen LogP) is 5.90. The van der Waals surface area contributed by atoms with Crippen molar-refractivity contribution in [3.8, 4) is 11.3 Å². The summed E-state index contributed by atoms with van der Waals surface area (Å²) in [5, 5.41) is 8.64. The van der Waals surface area contributed by atoms with Crippen molar-refractivity contribution in [2.24, 2.45) is 0 Å². The summed E-state index contributed by atoms with van der Waals surface area (Å²) in [6.45, 7) is -0.0551. The molecule has 1 amide bonds. The molecule has 1 aromatic heterocycles. The fourth-order valence-electron chi connectivity index (χ4n) is 3.00. The Kier molecular flexibility index (Phi) is 5.15. The molecule has 0 saturated heterocycles. The maximum absolute atomic E-state index is 14.0. The highest BCUT2D eigenvalue weighted by Crippen LogP contribution is 2.30. The lowest BCUT2D eigenvalue weighted by atomic mass is 10.1. The van der Waals surface area contributed by atoms with Crippen molar-refractivity contribution in [2.45, 2.75) is 6.54 Å². The molecule has 140 valence electrons. The van der Waals surface area contributed by atoms with E-state index in [0.717, 1.165) is 22.2 Å². The molecule has 1 N–H and O–H groups in total. The average molecular weight is 459 g/mol. The van der Waals surface area contributed by atoms with E-state index in [1.54, 1.807) is 16.8 Å². The summed E-state index contributed by atoms with van der Waals surface area (Å²) in [6.07, 6.45) is 0. The zero-order chi connectivity index (χ0) is 19.7. The Bertz CT molecular complexity index is 1180. The fraction of sp³-hybridized carbons (Fsp3) is 0.0476. The van der Waals surface area contributed by atoms with E-state index in [-0.39, 0.29) is 18.1 Å². The molecule has 0 aliphatic carbocycles. The molecule has 0 radical (unpaired) electrons. The second-order valence-electron chi connectivity index (χ2n) is 6.21. The van der Waals surface area contributed by atoms with E-state index < -0.39 is 5.82 Å². The van der Waals surface area contributed by atoms with Crippen LogP contribution >= 0.6 is 27.5 Å². The van der Waals surface area contributed by atoms with Crippen molar-refractivity contribution >= 4 is 50.0 Å². The molecule has 3 aromatic carbocycles. The first-order chi connectivity index (χ1) is 13.5. The van der Waals surface area contributed by atoms with Crippen molar-refractivity contribution in [1.82, 2.24) is 9.78 Å². The van der Waals surface area contributed by atoms with Crippen molar-refractivity contribution in [3.63, 3.8) is 0 Å². The van der Waals surface area contributed by atoms with E-state index in [0.29, 0.717) is 9.50 Å². The Labute approximate surface area is 174 Å². The molecular weight excluding hydrogens is 445 g/mol. The van der Waals surface area contributed by atoms with E-state index in [1.807, 2.05) is 42.5 Å². The molecule has 0 saturated carbocycles. The number of nitrogens with one attached hydrogen (secondary N) is 1. The van der Waals surface area contributed by atoms with Crippen LogP contribution in [0.5, 0.6) is 0 Å². The van der Waals surface area contributed by atoms with E-state index in [2.05, 4.69) is 26.3 Å². The number of nitrogens with zero attached hydrogens (tertiary/aromatic N) is 2. The normalized spacial score (nSPS) is 11.0. The van der Waals surface area contributed by atoms with Crippen LogP contribution in [0.1, 0.15) is 0 Å². The third-order valence-electron chi connectivity index (χ3n) is 4.26. The zero-order valence-electron chi connectivity index (χ0n) is 14.5. The fourth-order valence-corrected chi connectivity index (χ4v) is 3.50. The number of rotatable bonds is 4. The molecule has 4 nitrogen and oxygen atoms in total. The quantitative estimate of drug-likeness (QED) is 0.414. The lowest BCUT2D eigenvalue weighted by Crippen LogP contribution is -2.20. The molecule has 28 heavy (non-hydrogen) atoms. The molecule has 0 aliphatic heterocycles. The molecular formula is C21H14BrClFN3O. The highest BCUT2D eigenvalue weighted by atomic mass is 79.9. The minimum atomic E-state index is -0.509. The summed E-state index contributed by atoms with van der Waals surface area (Å²) in [6, 6.07) is 19.5. The van der Waals surface area contributed by atoms with E-state index in [1.165, 1.54) is 12.1 Å². The van der Waals surface area contributed by atoms with Crippen molar-refractivity contribution in [3.05, 3.63) is 82.0 Å². The number of benzene rings is 3. The first-order valence-electron chi connectivity index (χ1n) is 8.47. The van der Waals surface area contributed by atoms with Crippen LogP contribution in [0.15, 0.2) is 71.2 Å². The van der Waals surface area contributed by atoms with Gasteiger partial charge in [-0.25, -0.2) is 4.39 Å². The lowest BCUT2D eigenvalue weighted by molar-refractivity contribution is -0.116. The summed E-state index contributed by atoms with van der Waals surface area (Å²) in [5.74, 6) is -0.884. The number of carbonyl (C=O) groups is 1. The third kappa shape index (κ3) is 3.79. The van der Waals surface area contributed by atoms with Gasteiger partial charge in [0.1, 0.15) is 18.1 Å². The molecule has 0 atom stereocenters. The molecule has 1 heterocycles. The SMILES string of the molecule is O=C(Cn1nc(-c2ccccc2)c2cc(Cl)ccc21)Nc1ccc(Br)cc1F. The molecule has 0 fully saturated rings. The van der Waals surface area contributed by atoms with E-state index in [9.17, 15) is 9.18 Å². The average Bonchev–Trinajstić information content (AvgIpc) is 3.02. The summed E-state index contributed by atoms with van der Waals surface area (Å²) in [5.41, 5.74) is 2.55. The van der Waals surface area contributed by atoms with Crippen molar-refractivity contribution in [1.29, 1.82) is 0 Å². The number of anilines is 1. The van der Waals surface area contributed by atoms with Crippen molar-refractivity contribution in [2.75, 3.05) is 5.32 Å². The number of aromatic nitrogens is 2. The predicted molar refractivity (Wildman–Crippen MR) is 113 cm³/mol. The standard InChI is InChI=1S/C21H14BrClFN3O/c22-14-6-8-18(17(24)10-14)25-20(28)12-27-19-9-7-15(23)11-16(19)21(26-27)13-4-2-1-3-5-13/h1-11H,12H2,(H,25,28). The van der Waals surface area contributed by atoms with Gasteiger partial charge in [-0.1, -0.05) is 57.9 Å². The van der Waals surface area contributed by atoms with Crippen LogP contribution in [0, 0.1) is 5.82 Å². The summed E-state index contributed by atoms with van der Waals surface area (Å²) < 4.78 is 16.2. The highest BCUT2D eigenvalue weighted by molar-refractivity contribution is 9.10. The second-order valence-corrected chi connectivity index (χ2v) is 7.56. The molecule has 0 bridgehead atoms. The van der Waals surface area contributed by atoms with Crippen LogP contribution in [0.2, 0.25) is 5.02 Å². The van der Waals surface area contributed by atoms with Gasteiger partial charge in [0.15, 0.2) is 0 Å². The van der Waals surface area contributed by atoms with Gasteiger partial charge in [-0.3, -0.25) is 9.48 Å². The molecule has 4 rings (SSSR count). The second kappa shape index (κ2) is 7.73. The van der Waals surface area contributed by atoms with Gasteiger partial charge in [-0.15, -0.1) is 0 Å². The molecule has 0 spiro atoms. The number of carbonyl (C=O) groups excluding carboxylic acids is 1. The van der Waals surface area contributed by atoms with Crippen molar-refractivity contribution < 1.29 is 9.18 Å². The Morgan fingerprint density at radius 2 is 1.89 bits per heavy atom. The number of amides is 1. The minimum Gasteiger partial charge on any atom is -0.322 e.